The van der Waals surface area contributed by atoms with Gasteiger partial charge >= 0.3 is 0 Å². The van der Waals surface area contributed by atoms with Crippen LogP contribution in [0.4, 0.5) is 0 Å². The molecular weight excluding hydrogens is 276 g/mol. The first-order chi connectivity index (χ1) is 9.67. The maximum absolute atomic E-state index is 8.51. The average molecular weight is 291 g/mol. The molecule has 20 heavy (non-hydrogen) atoms. The standard InChI is InChI=1S/C15H15ClN2O2/c16-13-3-1-2-12(8-13)10-20-14-6-4-11(5-7-14)9-15(17)18-19/h1-8,19H,9-10H2,(H2,17,18). The lowest BCUT2D eigenvalue weighted by molar-refractivity contribution is 0.306. The van der Waals surface area contributed by atoms with Gasteiger partial charge in [0.25, 0.3) is 0 Å². The third kappa shape index (κ3) is 4.17. The smallest absolute Gasteiger partial charge is 0.143 e. The Morgan fingerprint density at radius 1 is 1.15 bits per heavy atom. The number of nitrogens with two attached hydrogens (primary N) is 1. The molecule has 0 amide bonds. The van der Waals surface area contributed by atoms with Crippen LogP contribution in [0.25, 0.3) is 0 Å². The molecule has 0 bridgehead atoms. The average Bonchev–Trinajstić information content (AvgIpc) is 2.46. The third-order valence-electron chi connectivity index (χ3n) is 2.73. The van der Waals surface area contributed by atoms with Crippen molar-refractivity contribution in [3.63, 3.8) is 0 Å². The van der Waals surface area contributed by atoms with E-state index in [4.69, 9.17) is 27.3 Å². The highest BCUT2D eigenvalue weighted by atomic mass is 35.5. The highest BCUT2D eigenvalue weighted by Crippen LogP contribution is 2.16. The minimum Gasteiger partial charge on any atom is -0.489 e. The van der Waals surface area contributed by atoms with E-state index in [-0.39, 0.29) is 5.84 Å². The monoisotopic (exact) mass is 290 g/mol. The summed E-state index contributed by atoms with van der Waals surface area (Å²) in [6.07, 6.45) is 0.408. The molecule has 3 N–H and O–H groups in total. The molecule has 0 fully saturated rings. The molecule has 0 atom stereocenters. The summed E-state index contributed by atoms with van der Waals surface area (Å²) in [4.78, 5) is 0. The van der Waals surface area contributed by atoms with E-state index >= 15 is 0 Å². The largest absolute Gasteiger partial charge is 0.489 e. The van der Waals surface area contributed by atoms with Gasteiger partial charge in [-0.05, 0) is 35.4 Å². The number of rotatable bonds is 5. The lowest BCUT2D eigenvalue weighted by atomic mass is 10.1. The minimum atomic E-state index is 0.178. The molecule has 0 saturated carbocycles. The van der Waals surface area contributed by atoms with Crippen molar-refractivity contribution < 1.29 is 9.94 Å². The van der Waals surface area contributed by atoms with E-state index in [9.17, 15) is 0 Å². The molecule has 5 heteroatoms. The van der Waals surface area contributed by atoms with Crippen molar-refractivity contribution in [3.05, 3.63) is 64.7 Å². The molecule has 0 radical (unpaired) electrons. The summed E-state index contributed by atoms with van der Waals surface area (Å²) in [6.45, 7) is 0.458. The lowest BCUT2D eigenvalue weighted by Crippen LogP contribution is -2.14. The van der Waals surface area contributed by atoms with Crippen molar-refractivity contribution >= 4 is 17.4 Å². The second kappa shape index (κ2) is 6.82. The fraction of sp³-hybridized carbons (Fsp3) is 0.133. The van der Waals surface area contributed by atoms with Gasteiger partial charge in [0.15, 0.2) is 0 Å². The van der Waals surface area contributed by atoms with Crippen molar-refractivity contribution in [2.75, 3.05) is 0 Å². The van der Waals surface area contributed by atoms with Crippen LogP contribution in [0.5, 0.6) is 5.75 Å². The van der Waals surface area contributed by atoms with Crippen molar-refractivity contribution in [2.45, 2.75) is 13.0 Å². The van der Waals surface area contributed by atoms with Crippen LogP contribution in [0.3, 0.4) is 0 Å². The van der Waals surface area contributed by atoms with Crippen molar-refractivity contribution in [1.29, 1.82) is 0 Å². The Bertz CT molecular complexity index is 597. The normalized spacial score (nSPS) is 11.3. The van der Waals surface area contributed by atoms with Gasteiger partial charge in [0, 0.05) is 11.4 Å². The summed E-state index contributed by atoms with van der Waals surface area (Å²) in [6, 6.07) is 15.0. The van der Waals surface area contributed by atoms with Crippen LogP contribution in [-0.4, -0.2) is 11.0 Å². The van der Waals surface area contributed by atoms with Crippen molar-refractivity contribution in [2.24, 2.45) is 10.9 Å². The second-order valence-electron chi connectivity index (χ2n) is 4.33. The van der Waals surface area contributed by atoms with E-state index in [1.54, 1.807) is 0 Å². The maximum atomic E-state index is 8.51. The Kier molecular flexibility index (Phi) is 4.85. The zero-order chi connectivity index (χ0) is 14.4. The minimum absolute atomic E-state index is 0.178. The van der Waals surface area contributed by atoms with Gasteiger partial charge in [0.05, 0.1) is 0 Å². The van der Waals surface area contributed by atoms with Crippen molar-refractivity contribution in [1.82, 2.24) is 0 Å². The first-order valence-electron chi connectivity index (χ1n) is 6.10. The van der Waals surface area contributed by atoms with Crippen LogP contribution in [0.15, 0.2) is 53.7 Å². The maximum Gasteiger partial charge on any atom is 0.143 e. The van der Waals surface area contributed by atoms with E-state index in [0.29, 0.717) is 18.1 Å². The third-order valence-corrected chi connectivity index (χ3v) is 2.97. The molecule has 0 heterocycles. The van der Waals surface area contributed by atoms with Crippen LogP contribution in [0.2, 0.25) is 5.02 Å². The molecule has 2 rings (SSSR count). The van der Waals surface area contributed by atoms with Gasteiger partial charge in [-0.1, -0.05) is 41.0 Å². The summed E-state index contributed by atoms with van der Waals surface area (Å²) in [5.74, 6) is 0.936. The number of benzene rings is 2. The SMILES string of the molecule is N/C(Cc1ccc(OCc2cccc(Cl)c2)cc1)=N\O. The molecule has 4 nitrogen and oxygen atoms in total. The predicted molar refractivity (Wildman–Crippen MR) is 79.3 cm³/mol. The molecule has 0 aliphatic carbocycles. The molecule has 0 aliphatic heterocycles. The Morgan fingerprint density at radius 2 is 1.90 bits per heavy atom. The van der Waals surface area contributed by atoms with Gasteiger partial charge in [0.2, 0.25) is 0 Å². The van der Waals surface area contributed by atoms with Crippen LogP contribution in [0.1, 0.15) is 11.1 Å². The molecule has 2 aromatic rings. The summed E-state index contributed by atoms with van der Waals surface area (Å²) in [5, 5.41) is 12.1. The van der Waals surface area contributed by atoms with Crippen LogP contribution in [-0.2, 0) is 13.0 Å². The second-order valence-corrected chi connectivity index (χ2v) is 4.77. The van der Waals surface area contributed by atoms with Crippen LogP contribution < -0.4 is 10.5 Å². The quantitative estimate of drug-likeness (QED) is 0.384. The van der Waals surface area contributed by atoms with E-state index < -0.39 is 0 Å². The molecule has 0 unspecified atom stereocenters. The number of hydrogen-bond acceptors (Lipinski definition) is 3. The van der Waals surface area contributed by atoms with Crippen LogP contribution in [0, 0.1) is 0 Å². The predicted octanol–water partition coefficient (Wildman–Crippen LogP) is 3.21. The van der Waals surface area contributed by atoms with E-state index in [1.165, 1.54) is 0 Å². The molecule has 0 saturated heterocycles. The summed E-state index contributed by atoms with van der Waals surface area (Å²) < 4.78 is 5.66. The fourth-order valence-corrected chi connectivity index (χ4v) is 1.95. The number of halogens is 1. The summed E-state index contributed by atoms with van der Waals surface area (Å²) >= 11 is 5.91. The highest BCUT2D eigenvalue weighted by Gasteiger charge is 2.00. The number of nitrogens with zero attached hydrogens (tertiary/aromatic N) is 1. The van der Waals surface area contributed by atoms with Gasteiger partial charge in [-0.3, -0.25) is 0 Å². The van der Waals surface area contributed by atoms with E-state index in [1.807, 2.05) is 48.5 Å². The van der Waals surface area contributed by atoms with Crippen molar-refractivity contribution in [3.8, 4) is 5.75 Å². The van der Waals surface area contributed by atoms with Crippen LogP contribution >= 0.6 is 11.6 Å². The Balaban J connectivity index is 1.94. The Labute approximate surface area is 122 Å². The number of hydrogen-bond donors (Lipinski definition) is 2. The number of oxime groups is 1. The number of amidine groups is 1. The van der Waals surface area contributed by atoms with Gasteiger partial charge < -0.3 is 15.7 Å². The van der Waals surface area contributed by atoms with Gasteiger partial charge in [0.1, 0.15) is 18.2 Å². The molecule has 2 aromatic carbocycles. The molecule has 104 valence electrons. The highest BCUT2D eigenvalue weighted by molar-refractivity contribution is 6.30. The van der Waals surface area contributed by atoms with Gasteiger partial charge in [-0.15, -0.1) is 0 Å². The summed E-state index contributed by atoms with van der Waals surface area (Å²) in [5.41, 5.74) is 7.41. The summed E-state index contributed by atoms with van der Waals surface area (Å²) in [7, 11) is 0. The molecular formula is C15H15ClN2O2. The van der Waals surface area contributed by atoms with Gasteiger partial charge in [-0.2, -0.15) is 0 Å². The first-order valence-corrected chi connectivity index (χ1v) is 6.48. The zero-order valence-electron chi connectivity index (χ0n) is 10.8. The van der Waals surface area contributed by atoms with E-state index in [0.717, 1.165) is 16.9 Å². The topological polar surface area (TPSA) is 67.8 Å². The first kappa shape index (κ1) is 14.2. The molecule has 0 spiro atoms. The zero-order valence-corrected chi connectivity index (χ0v) is 11.5. The Morgan fingerprint density at radius 3 is 2.55 bits per heavy atom. The van der Waals surface area contributed by atoms with Gasteiger partial charge in [-0.25, -0.2) is 0 Å². The van der Waals surface area contributed by atoms with E-state index in [2.05, 4.69) is 5.16 Å². The lowest BCUT2D eigenvalue weighted by Gasteiger charge is -2.07. The fourth-order valence-electron chi connectivity index (χ4n) is 1.74. The Hall–Kier alpha value is -2.20. The molecule has 0 aliphatic rings. The molecule has 0 aromatic heterocycles. The number of ether oxygens (including phenoxy) is 1.